The van der Waals surface area contributed by atoms with E-state index in [0.29, 0.717) is 0 Å². The summed E-state index contributed by atoms with van der Waals surface area (Å²) in [6.45, 7) is 26.6. The number of benzene rings is 14. The van der Waals surface area contributed by atoms with Crippen molar-refractivity contribution < 1.29 is 0 Å². The Hall–Kier alpha value is -11.9. The lowest BCUT2D eigenvalue weighted by molar-refractivity contribution is 0.695. The summed E-state index contributed by atoms with van der Waals surface area (Å²) in [5.41, 5.74) is 29.0. The highest BCUT2D eigenvalue weighted by Crippen LogP contribution is 2.31. The summed E-state index contributed by atoms with van der Waals surface area (Å²) >= 11 is 34.8. The van der Waals surface area contributed by atoms with Crippen molar-refractivity contribution in [3.05, 3.63) is 463 Å². The van der Waals surface area contributed by atoms with E-state index < -0.39 is 0 Å². The Morgan fingerprint density at radius 3 is 0.962 bits per heavy atom. The first-order valence-corrected chi connectivity index (χ1v) is 46.6. The molecule has 0 aliphatic rings. The lowest BCUT2D eigenvalue weighted by Crippen LogP contribution is -2.00. The van der Waals surface area contributed by atoms with E-state index in [1.54, 1.807) is 0 Å². The lowest BCUT2D eigenvalue weighted by Gasteiger charge is -2.07. The molecule has 21 rings (SSSR count). The van der Waals surface area contributed by atoms with Gasteiger partial charge in [0.1, 0.15) is 0 Å². The van der Waals surface area contributed by atoms with Crippen LogP contribution in [0.2, 0.25) is 20.1 Å². The molecule has 21 aromatic rings. The van der Waals surface area contributed by atoms with E-state index in [0.717, 1.165) is 112 Å². The van der Waals surface area contributed by atoms with Crippen LogP contribution in [0.3, 0.4) is 0 Å². The average molecular weight is 1990 g/mol. The number of halogens is 7. The van der Waals surface area contributed by atoms with Crippen molar-refractivity contribution in [2.75, 3.05) is 0 Å². The Kier molecular flexibility index (Phi) is 31.7. The van der Waals surface area contributed by atoms with E-state index in [-0.39, 0.29) is 7.43 Å². The van der Waals surface area contributed by atoms with Crippen molar-refractivity contribution in [3.63, 3.8) is 0 Å². The van der Waals surface area contributed by atoms with Crippen LogP contribution in [0.1, 0.15) is 102 Å². The maximum Gasteiger partial charge on any atom is 0.0934 e. The molecular formula is C111H103Br3Cl4N12. The van der Waals surface area contributed by atoms with Gasteiger partial charge in [0.2, 0.25) is 0 Å². The maximum atomic E-state index is 6.15. The van der Waals surface area contributed by atoms with E-state index in [9.17, 15) is 0 Å². The Bertz CT molecular complexity index is 6690. The molecule has 656 valence electrons. The second-order valence-electron chi connectivity index (χ2n) is 33.1. The third-order valence-corrected chi connectivity index (χ3v) is 26.4. The third kappa shape index (κ3) is 25.0. The molecule has 0 saturated carbocycles. The number of aryl methyl sites for hydroxylation is 10. The Labute approximate surface area is 806 Å². The molecular weight excluding hydrogens is 1880 g/mol. The molecule has 0 N–H and O–H groups in total. The summed E-state index contributed by atoms with van der Waals surface area (Å²) in [6, 6.07) is 101. The van der Waals surface area contributed by atoms with Crippen LogP contribution in [0.25, 0.3) is 76.3 Å². The van der Waals surface area contributed by atoms with Crippen molar-refractivity contribution in [1.82, 2.24) is 58.0 Å². The fraction of sp³-hybridized carbons (Fsp3) is 0.162. The molecule has 14 aromatic carbocycles. The molecule has 0 bridgehead atoms. The minimum absolute atomic E-state index is 0. The molecule has 7 aromatic heterocycles. The van der Waals surface area contributed by atoms with Crippen LogP contribution in [-0.4, -0.2) is 58.0 Å². The zero-order chi connectivity index (χ0) is 90.4. The zero-order valence-electron chi connectivity index (χ0n) is 73.7. The summed E-state index contributed by atoms with van der Waals surface area (Å²) in [6.07, 6.45) is 14.3. The number of nitrogens with zero attached hydrogens (tertiary/aromatic N) is 12. The van der Waals surface area contributed by atoms with E-state index in [1.165, 1.54) is 138 Å². The van der Waals surface area contributed by atoms with Gasteiger partial charge in [0.15, 0.2) is 0 Å². The number of rotatable bonds is 14. The number of hydrogen-bond donors (Lipinski definition) is 0. The number of hydrogen-bond acceptors (Lipinski definition) is 5. The first-order chi connectivity index (χ1) is 62.3. The Balaban J connectivity index is 0.000000122. The molecule has 0 radical (unpaired) electrons. The second-order valence-corrected chi connectivity index (χ2v) is 37.3. The third-order valence-electron chi connectivity index (χ3n) is 22.5. The topological polar surface area (TPSA) is 99.0 Å². The average Bonchev–Trinajstić information content (AvgIpc) is 1.65. The van der Waals surface area contributed by atoms with Gasteiger partial charge in [-0.05, 0) is 251 Å². The SMILES string of the molecule is C.Cc1cc2c(ccn2Cc2ccc(Cl)cc2)cc1Cl.Cc1cc2ccn(Cc3ccc(Cl)cc3)c2cc1Br.Cc1ccc(Cn2cc3cc(Br)c(C)cc3n2)cc1.Cc1ccc(Cn2cc3cc(C)c(Br)cc3n2)cc1.Cc1ccc(Cn2cc3cc(Cl)c(C)cc3n2)cc1.Cc1ccc(Cn2ncc3ccccc32)cc1.Cc1ccc(Cn2ncc3ccccc32)cc1. The van der Waals surface area contributed by atoms with E-state index in [1.807, 2.05) is 110 Å². The van der Waals surface area contributed by atoms with E-state index in [4.69, 9.17) is 46.4 Å². The lowest BCUT2D eigenvalue weighted by atomic mass is 10.1. The van der Waals surface area contributed by atoms with Gasteiger partial charge in [-0.3, -0.25) is 23.4 Å². The molecule has 0 aliphatic carbocycles. The fourth-order valence-corrected chi connectivity index (χ4v) is 16.6. The van der Waals surface area contributed by atoms with Gasteiger partial charge in [-0.15, -0.1) is 0 Å². The van der Waals surface area contributed by atoms with Gasteiger partial charge in [-0.2, -0.15) is 25.5 Å². The largest absolute Gasteiger partial charge is 0.343 e. The second kappa shape index (κ2) is 43.7. The normalized spacial score (nSPS) is 11.0. The highest BCUT2D eigenvalue weighted by atomic mass is 79.9. The number of aromatic nitrogens is 12. The smallest absolute Gasteiger partial charge is 0.0934 e. The first-order valence-electron chi connectivity index (χ1n) is 42.7. The highest BCUT2D eigenvalue weighted by molar-refractivity contribution is 9.11. The number of fused-ring (bicyclic) bond motifs is 7. The van der Waals surface area contributed by atoms with Gasteiger partial charge in [0.25, 0.3) is 0 Å². The molecule has 0 unspecified atom stereocenters. The summed E-state index contributed by atoms with van der Waals surface area (Å²) in [5, 5.41) is 34.1. The molecule has 0 saturated heterocycles. The maximum absolute atomic E-state index is 6.15. The molecule has 0 atom stereocenters. The Morgan fingerprint density at radius 1 is 0.254 bits per heavy atom. The first kappa shape index (κ1) is 94.2. The molecule has 0 spiro atoms. The van der Waals surface area contributed by atoms with Gasteiger partial charge in [-0.1, -0.05) is 311 Å². The fourth-order valence-electron chi connectivity index (χ4n) is 15.0. The molecule has 0 amide bonds. The van der Waals surface area contributed by atoms with Gasteiger partial charge in [0, 0.05) is 121 Å². The van der Waals surface area contributed by atoms with E-state index in [2.05, 4.69) is 399 Å². The predicted molar refractivity (Wildman–Crippen MR) is 559 cm³/mol. The van der Waals surface area contributed by atoms with Crippen LogP contribution in [0.5, 0.6) is 0 Å². The van der Waals surface area contributed by atoms with Crippen molar-refractivity contribution in [3.8, 4) is 0 Å². The minimum atomic E-state index is 0. The van der Waals surface area contributed by atoms with Crippen molar-refractivity contribution >= 4 is 171 Å². The van der Waals surface area contributed by atoms with Crippen molar-refractivity contribution in [2.45, 2.75) is 122 Å². The Morgan fingerprint density at radius 2 is 0.546 bits per heavy atom. The van der Waals surface area contributed by atoms with Gasteiger partial charge < -0.3 is 9.13 Å². The summed E-state index contributed by atoms with van der Waals surface area (Å²) in [4.78, 5) is 0. The summed E-state index contributed by atoms with van der Waals surface area (Å²) < 4.78 is 17.9. The molecule has 0 aliphatic heterocycles. The van der Waals surface area contributed by atoms with Crippen molar-refractivity contribution in [2.24, 2.45) is 0 Å². The minimum Gasteiger partial charge on any atom is -0.343 e. The van der Waals surface area contributed by atoms with Crippen LogP contribution >= 0.6 is 94.2 Å². The molecule has 130 heavy (non-hydrogen) atoms. The number of para-hydroxylation sites is 2. The van der Waals surface area contributed by atoms with Gasteiger partial charge in [-0.25, -0.2) is 0 Å². The molecule has 19 heteroatoms. The summed E-state index contributed by atoms with van der Waals surface area (Å²) in [7, 11) is 0. The summed E-state index contributed by atoms with van der Waals surface area (Å²) in [5.74, 6) is 0. The van der Waals surface area contributed by atoms with Crippen LogP contribution in [0, 0.1) is 69.2 Å². The molecule has 0 fully saturated rings. The van der Waals surface area contributed by atoms with Crippen molar-refractivity contribution in [1.29, 1.82) is 0 Å². The molecule has 7 heterocycles. The van der Waals surface area contributed by atoms with Gasteiger partial charge in [0.05, 0.1) is 72.7 Å². The van der Waals surface area contributed by atoms with E-state index >= 15 is 0 Å². The van der Waals surface area contributed by atoms with Crippen LogP contribution < -0.4 is 0 Å². The van der Waals surface area contributed by atoms with Crippen LogP contribution in [0.15, 0.2) is 348 Å². The van der Waals surface area contributed by atoms with Gasteiger partial charge >= 0.3 is 0 Å². The van der Waals surface area contributed by atoms with Crippen LogP contribution in [0.4, 0.5) is 0 Å². The highest BCUT2D eigenvalue weighted by Gasteiger charge is 2.13. The molecule has 12 nitrogen and oxygen atoms in total. The predicted octanol–water partition coefficient (Wildman–Crippen LogP) is 31.4. The monoisotopic (exact) mass is 1980 g/mol. The quantitative estimate of drug-likeness (QED) is 0.108. The standard InChI is InChI=1S/C16H13BrClN.2C16H15BrN2.C16H13Cl2N.C16H15ClN2.2C15H14N2.CH4/c1-11-8-13-6-7-19(16(13)9-15(11)17)10-12-2-4-14(18)5-3-12;1-11-3-5-13(6-4-11)9-19-10-14-8-15(17)12(2)7-16(14)18-19;1-11-3-5-13(6-4-11)9-19-10-14-7-12(2)15(17)8-16(14)18-19;1-11-8-16-13(9-15(11)18)6-7-19(16)10-12-2-4-14(17)5-3-12;1-11-3-5-13(6-4-11)9-19-10-14-8-15(17)12(2)7-16(14)18-19;2*1-12-6-8-13(9-7-12)11-17-15-5-3-2-4-14(15)10-16-17;/h2-9H,10H2,1H3;2*3-8,10H,9H2,1-2H3;2-9H,10H2,1H3;3-8,10H,9H2,1-2H3;2*2-10H,11H2,1H3;1H4. The zero-order valence-corrected chi connectivity index (χ0v) is 81.5. The van der Waals surface area contributed by atoms with Crippen LogP contribution in [-0.2, 0) is 45.8 Å².